The molecule has 8 nitrogen and oxygen atoms in total. The van der Waals surface area contributed by atoms with Crippen LogP contribution in [0, 0.1) is 6.92 Å². The van der Waals surface area contributed by atoms with E-state index in [-0.39, 0.29) is 17.4 Å². The van der Waals surface area contributed by atoms with Crippen LogP contribution in [0.1, 0.15) is 43.2 Å². The third-order valence-electron chi connectivity index (χ3n) is 6.16. The predicted octanol–water partition coefficient (Wildman–Crippen LogP) is 4.72. The summed E-state index contributed by atoms with van der Waals surface area (Å²) in [6.07, 6.45) is 3.13. The summed E-state index contributed by atoms with van der Waals surface area (Å²) in [5.74, 6) is 2.03. The Bertz CT molecular complexity index is 1180. The lowest BCUT2D eigenvalue weighted by molar-refractivity contribution is -0.118. The number of hydrogen-bond acceptors (Lipinski definition) is 7. The van der Waals surface area contributed by atoms with Crippen LogP contribution >= 0.6 is 0 Å². The first-order chi connectivity index (χ1) is 18.4. The van der Waals surface area contributed by atoms with Crippen LogP contribution in [-0.2, 0) is 27.9 Å². The average Bonchev–Trinajstić information content (AvgIpc) is 3.29. The Balaban J connectivity index is 1.45. The number of nitrogens with zero attached hydrogens (tertiary/aromatic N) is 2. The highest BCUT2D eigenvalue weighted by atomic mass is 32.2. The van der Waals surface area contributed by atoms with E-state index in [1.165, 1.54) is 5.56 Å². The summed E-state index contributed by atoms with van der Waals surface area (Å²) in [6.45, 7) is 7.37. The molecule has 1 amide bonds. The van der Waals surface area contributed by atoms with Crippen LogP contribution in [0.15, 0.2) is 52.9 Å². The van der Waals surface area contributed by atoms with Crippen LogP contribution in [0.25, 0.3) is 11.5 Å². The van der Waals surface area contributed by atoms with Crippen molar-refractivity contribution in [1.82, 2.24) is 15.2 Å². The van der Waals surface area contributed by atoms with E-state index in [1.807, 2.05) is 12.1 Å². The molecule has 0 radical (unpaired) electrons. The van der Waals surface area contributed by atoms with Crippen molar-refractivity contribution in [1.29, 1.82) is 0 Å². The van der Waals surface area contributed by atoms with Gasteiger partial charge in [0, 0.05) is 36.0 Å². The van der Waals surface area contributed by atoms with E-state index in [4.69, 9.17) is 13.9 Å². The maximum absolute atomic E-state index is 12.7. The van der Waals surface area contributed by atoms with E-state index in [0.29, 0.717) is 35.4 Å². The Hall–Kier alpha value is -3.17. The third-order valence-corrected chi connectivity index (χ3v) is 7.34. The molecule has 1 heterocycles. The smallest absolute Gasteiger partial charge is 0.232 e. The molecular formula is C29H39N3O5S. The second-order valence-corrected chi connectivity index (χ2v) is 10.6. The van der Waals surface area contributed by atoms with Gasteiger partial charge in [-0.25, -0.2) is 4.98 Å². The van der Waals surface area contributed by atoms with Gasteiger partial charge in [-0.3, -0.25) is 13.9 Å². The van der Waals surface area contributed by atoms with E-state index in [1.54, 1.807) is 33.3 Å². The number of ether oxygens (including phenoxy) is 2. The van der Waals surface area contributed by atoms with Crippen molar-refractivity contribution in [3.05, 3.63) is 65.5 Å². The number of aromatic nitrogens is 1. The molecule has 2 aromatic carbocycles. The first-order valence-corrected chi connectivity index (χ1v) is 14.5. The standard InChI is InChI=1S/C29H39N3O5S/c1-5-6-16-32(19-23-11-8-7-9-12-23)17-10-15-30-28(33)21-38(34)20-25-22(2)37-29(31-25)24-13-14-26(35-3)27(18-24)36-4/h7-9,11-14,18H,5-6,10,15-17,19-21H2,1-4H3,(H,30,33)/t38-/m1/s1. The Labute approximate surface area is 228 Å². The number of benzene rings is 2. The number of carbonyl (C=O) groups excluding carboxylic acids is 1. The number of oxazole rings is 1. The molecule has 0 saturated heterocycles. The SMILES string of the molecule is CCCCN(CCCNC(=O)C[S@](=O)Cc1nc(-c2ccc(OC)c(OC)c2)oc1C)Cc1ccccc1. The Morgan fingerprint density at radius 2 is 1.79 bits per heavy atom. The van der Waals surface area contributed by atoms with Gasteiger partial charge in [0.1, 0.15) is 11.5 Å². The lowest BCUT2D eigenvalue weighted by Crippen LogP contribution is -2.32. The summed E-state index contributed by atoms with van der Waals surface area (Å²) in [7, 11) is 1.74. The van der Waals surface area contributed by atoms with Gasteiger partial charge in [-0.2, -0.15) is 0 Å². The lowest BCUT2D eigenvalue weighted by atomic mass is 10.2. The summed E-state index contributed by atoms with van der Waals surface area (Å²) in [5, 5.41) is 2.92. The Morgan fingerprint density at radius 1 is 1.05 bits per heavy atom. The number of unbranched alkanes of at least 4 members (excludes halogenated alkanes) is 1. The fourth-order valence-corrected chi connectivity index (χ4v) is 5.15. The summed E-state index contributed by atoms with van der Waals surface area (Å²) in [5.41, 5.74) is 2.59. The van der Waals surface area contributed by atoms with Crippen LogP contribution in [0.5, 0.6) is 11.5 Å². The van der Waals surface area contributed by atoms with Crippen molar-refractivity contribution in [2.45, 2.75) is 45.4 Å². The molecule has 38 heavy (non-hydrogen) atoms. The van der Waals surface area contributed by atoms with E-state index in [2.05, 4.69) is 46.4 Å². The van der Waals surface area contributed by atoms with Crippen LogP contribution in [-0.4, -0.2) is 59.6 Å². The molecule has 3 aromatic rings. The average molecular weight is 542 g/mol. The molecule has 9 heteroatoms. The zero-order valence-electron chi connectivity index (χ0n) is 22.8. The Morgan fingerprint density at radius 3 is 2.50 bits per heavy atom. The quantitative estimate of drug-likeness (QED) is 0.262. The zero-order chi connectivity index (χ0) is 27.3. The minimum Gasteiger partial charge on any atom is -0.493 e. The second kappa shape index (κ2) is 15.3. The molecule has 0 spiro atoms. The fourth-order valence-electron chi connectivity index (χ4n) is 4.08. The highest BCUT2D eigenvalue weighted by molar-refractivity contribution is 7.84. The highest BCUT2D eigenvalue weighted by Gasteiger charge is 2.17. The number of rotatable bonds is 16. The van der Waals surface area contributed by atoms with Crippen molar-refractivity contribution in [2.75, 3.05) is 39.6 Å². The van der Waals surface area contributed by atoms with Gasteiger partial charge >= 0.3 is 0 Å². The molecule has 0 aliphatic rings. The van der Waals surface area contributed by atoms with Crippen molar-refractivity contribution in [2.24, 2.45) is 0 Å². The first-order valence-electron chi connectivity index (χ1n) is 13.0. The fraction of sp³-hybridized carbons (Fsp3) is 0.448. The van der Waals surface area contributed by atoms with Gasteiger partial charge in [0.15, 0.2) is 11.5 Å². The molecule has 206 valence electrons. The largest absolute Gasteiger partial charge is 0.493 e. The summed E-state index contributed by atoms with van der Waals surface area (Å²) >= 11 is 0. The van der Waals surface area contributed by atoms with Gasteiger partial charge in [0.2, 0.25) is 11.8 Å². The number of hydrogen-bond donors (Lipinski definition) is 1. The van der Waals surface area contributed by atoms with Crippen LogP contribution in [0.2, 0.25) is 0 Å². The van der Waals surface area contributed by atoms with E-state index < -0.39 is 10.8 Å². The van der Waals surface area contributed by atoms with Gasteiger partial charge in [-0.1, -0.05) is 43.7 Å². The minimum atomic E-state index is -1.40. The van der Waals surface area contributed by atoms with Gasteiger partial charge in [-0.05, 0) is 50.1 Å². The minimum absolute atomic E-state index is 0.0679. The summed E-state index contributed by atoms with van der Waals surface area (Å²) in [6, 6.07) is 15.8. The van der Waals surface area contributed by atoms with E-state index in [9.17, 15) is 9.00 Å². The molecule has 0 bridgehead atoms. The first kappa shape index (κ1) is 29.4. The number of nitrogens with one attached hydrogen (secondary N) is 1. The van der Waals surface area contributed by atoms with E-state index >= 15 is 0 Å². The van der Waals surface area contributed by atoms with Gasteiger partial charge < -0.3 is 19.2 Å². The van der Waals surface area contributed by atoms with Gasteiger partial charge in [-0.15, -0.1) is 0 Å². The lowest BCUT2D eigenvalue weighted by Gasteiger charge is -2.22. The predicted molar refractivity (Wildman–Crippen MR) is 151 cm³/mol. The molecule has 1 aromatic heterocycles. The number of methoxy groups -OCH3 is 2. The number of amides is 1. The van der Waals surface area contributed by atoms with Gasteiger partial charge in [0.05, 0.1) is 25.7 Å². The summed E-state index contributed by atoms with van der Waals surface area (Å²) in [4.78, 5) is 19.3. The van der Waals surface area contributed by atoms with Crippen LogP contribution in [0.4, 0.5) is 0 Å². The maximum Gasteiger partial charge on any atom is 0.232 e. The zero-order valence-corrected chi connectivity index (χ0v) is 23.6. The van der Waals surface area contributed by atoms with Crippen molar-refractivity contribution in [3.8, 4) is 23.0 Å². The number of aryl methyl sites for hydroxylation is 1. The molecule has 1 N–H and O–H groups in total. The highest BCUT2D eigenvalue weighted by Crippen LogP contribution is 2.32. The monoisotopic (exact) mass is 541 g/mol. The summed E-state index contributed by atoms with van der Waals surface area (Å²) < 4.78 is 29.1. The van der Waals surface area contributed by atoms with Crippen molar-refractivity contribution < 1.29 is 22.9 Å². The molecule has 0 unspecified atom stereocenters. The molecular weight excluding hydrogens is 502 g/mol. The molecule has 0 fully saturated rings. The van der Waals surface area contributed by atoms with Crippen LogP contribution in [0.3, 0.4) is 0 Å². The van der Waals surface area contributed by atoms with E-state index in [0.717, 1.165) is 44.5 Å². The molecule has 1 atom stereocenters. The molecule has 3 rings (SSSR count). The molecule has 0 saturated carbocycles. The molecule has 0 aliphatic carbocycles. The number of carbonyl (C=O) groups is 1. The molecule has 0 aliphatic heterocycles. The second-order valence-electron chi connectivity index (χ2n) is 9.14. The van der Waals surface area contributed by atoms with Crippen molar-refractivity contribution >= 4 is 16.7 Å². The maximum atomic E-state index is 12.7. The van der Waals surface area contributed by atoms with Crippen LogP contribution < -0.4 is 14.8 Å². The topological polar surface area (TPSA) is 93.9 Å². The van der Waals surface area contributed by atoms with Crippen molar-refractivity contribution in [3.63, 3.8) is 0 Å². The normalized spacial score (nSPS) is 11.9. The Kier molecular flexibility index (Phi) is 11.8. The van der Waals surface area contributed by atoms with Gasteiger partial charge in [0.25, 0.3) is 0 Å². The third kappa shape index (κ3) is 8.99.